The Labute approximate surface area is 179 Å². The van der Waals surface area contributed by atoms with E-state index in [2.05, 4.69) is 4.98 Å². The molecule has 6 nitrogen and oxygen atoms in total. The van der Waals surface area contributed by atoms with Gasteiger partial charge in [-0.3, -0.25) is 9.59 Å². The van der Waals surface area contributed by atoms with Crippen molar-refractivity contribution in [2.45, 2.75) is 32.3 Å². The van der Waals surface area contributed by atoms with Crippen LogP contribution in [0.25, 0.3) is 0 Å². The second-order valence-corrected chi connectivity index (χ2v) is 8.85. The summed E-state index contributed by atoms with van der Waals surface area (Å²) in [6, 6.07) is 7.14. The number of carbonyl (C=O) groups is 2. The highest BCUT2D eigenvalue weighted by molar-refractivity contribution is 7.09. The number of nitrogens with zero attached hydrogens (tertiary/aromatic N) is 3. The molecular weight excluding hydrogens is 410 g/mol. The molecule has 1 aromatic heterocycles. The zero-order chi connectivity index (χ0) is 20.2. The van der Waals surface area contributed by atoms with Crippen molar-refractivity contribution in [1.82, 2.24) is 14.8 Å². The highest BCUT2D eigenvalue weighted by atomic mass is 35.5. The first kappa shape index (κ1) is 20.2. The monoisotopic (exact) mass is 433 g/mol. The van der Waals surface area contributed by atoms with E-state index >= 15 is 0 Å². The standard InChI is InChI=1S/C21H24ClN3O3S/c22-16-3-5-17(6-4-16)28-13-19-23-18(14-29-19)21(27)25-11-7-15(8-12-25)20(26)24-9-1-2-10-24/h3-6,14-15H,1-2,7-13H2. The minimum atomic E-state index is -0.0638. The molecule has 0 atom stereocenters. The lowest BCUT2D eigenvalue weighted by Crippen LogP contribution is -2.43. The molecule has 2 aromatic rings. The Bertz CT molecular complexity index is 856. The van der Waals surface area contributed by atoms with Crippen LogP contribution in [0.15, 0.2) is 29.6 Å². The third-order valence-electron chi connectivity index (χ3n) is 5.50. The van der Waals surface area contributed by atoms with E-state index in [9.17, 15) is 9.59 Å². The van der Waals surface area contributed by atoms with Crippen molar-refractivity contribution in [2.75, 3.05) is 26.2 Å². The van der Waals surface area contributed by atoms with Gasteiger partial charge in [-0.2, -0.15) is 0 Å². The van der Waals surface area contributed by atoms with E-state index in [1.165, 1.54) is 11.3 Å². The zero-order valence-electron chi connectivity index (χ0n) is 16.2. The Morgan fingerprint density at radius 1 is 1.07 bits per heavy atom. The fourth-order valence-corrected chi connectivity index (χ4v) is 4.64. The second kappa shape index (κ2) is 9.13. The van der Waals surface area contributed by atoms with Gasteiger partial charge in [0.15, 0.2) is 0 Å². The summed E-state index contributed by atoms with van der Waals surface area (Å²) >= 11 is 7.29. The molecule has 1 aromatic carbocycles. The molecule has 4 rings (SSSR count). The van der Waals surface area contributed by atoms with Gasteiger partial charge in [0.2, 0.25) is 5.91 Å². The van der Waals surface area contributed by atoms with Crippen LogP contribution < -0.4 is 4.74 Å². The number of thiazole rings is 1. The molecular formula is C21H24ClN3O3S. The molecule has 2 fully saturated rings. The molecule has 2 saturated heterocycles. The maximum Gasteiger partial charge on any atom is 0.273 e. The number of aromatic nitrogens is 1. The molecule has 2 aliphatic rings. The van der Waals surface area contributed by atoms with E-state index in [0.29, 0.717) is 36.2 Å². The molecule has 8 heteroatoms. The summed E-state index contributed by atoms with van der Waals surface area (Å²) in [6.45, 7) is 3.30. The summed E-state index contributed by atoms with van der Waals surface area (Å²) in [5.41, 5.74) is 0.453. The van der Waals surface area contributed by atoms with E-state index in [1.807, 2.05) is 9.80 Å². The molecule has 154 valence electrons. The number of amides is 2. The average molecular weight is 434 g/mol. The van der Waals surface area contributed by atoms with Gasteiger partial charge in [-0.25, -0.2) is 4.98 Å². The third kappa shape index (κ3) is 4.90. The third-order valence-corrected chi connectivity index (χ3v) is 6.57. The first-order valence-corrected chi connectivity index (χ1v) is 11.3. The Hall–Kier alpha value is -2.12. The minimum Gasteiger partial charge on any atom is -0.486 e. The Kier molecular flexibility index (Phi) is 6.35. The van der Waals surface area contributed by atoms with E-state index in [0.717, 1.165) is 43.8 Å². The van der Waals surface area contributed by atoms with Crippen LogP contribution in [0, 0.1) is 5.92 Å². The molecule has 0 radical (unpaired) electrons. The van der Waals surface area contributed by atoms with Gasteiger partial charge in [0.1, 0.15) is 23.1 Å². The molecule has 2 amide bonds. The average Bonchev–Trinajstić information content (AvgIpc) is 3.45. The Balaban J connectivity index is 1.28. The normalized spacial score (nSPS) is 17.6. The fourth-order valence-electron chi connectivity index (χ4n) is 3.84. The van der Waals surface area contributed by atoms with E-state index < -0.39 is 0 Å². The van der Waals surface area contributed by atoms with Crippen LogP contribution in [0.2, 0.25) is 5.02 Å². The van der Waals surface area contributed by atoms with E-state index in [4.69, 9.17) is 16.3 Å². The topological polar surface area (TPSA) is 62.7 Å². The molecule has 0 spiro atoms. The van der Waals surface area contributed by atoms with E-state index in [-0.39, 0.29) is 17.7 Å². The second-order valence-electron chi connectivity index (χ2n) is 7.47. The van der Waals surface area contributed by atoms with Crippen LogP contribution >= 0.6 is 22.9 Å². The number of halogens is 1. The van der Waals surface area contributed by atoms with Crippen LogP contribution in [-0.4, -0.2) is 52.8 Å². The van der Waals surface area contributed by atoms with Gasteiger partial charge < -0.3 is 14.5 Å². The summed E-state index contributed by atoms with van der Waals surface area (Å²) in [7, 11) is 0. The van der Waals surface area contributed by atoms with Gasteiger partial charge in [0.25, 0.3) is 5.91 Å². The van der Waals surface area contributed by atoms with Crippen molar-refractivity contribution in [3.05, 3.63) is 45.4 Å². The fraction of sp³-hybridized carbons (Fsp3) is 0.476. The summed E-state index contributed by atoms with van der Waals surface area (Å²) in [4.78, 5) is 33.6. The number of rotatable bonds is 5. The summed E-state index contributed by atoms with van der Waals surface area (Å²) in [6.07, 6.45) is 3.68. The van der Waals surface area contributed by atoms with Gasteiger partial charge >= 0.3 is 0 Å². The van der Waals surface area contributed by atoms with Crippen LogP contribution in [0.1, 0.15) is 41.2 Å². The van der Waals surface area contributed by atoms with Crippen molar-refractivity contribution in [1.29, 1.82) is 0 Å². The summed E-state index contributed by atoms with van der Waals surface area (Å²) < 4.78 is 5.70. The lowest BCUT2D eigenvalue weighted by Gasteiger charge is -2.32. The number of hydrogen-bond acceptors (Lipinski definition) is 5. The number of benzene rings is 1. The molecule has 0 unspecified atom stereocenters. The van der Waals surface area contributed by atoms with Gasteiger partial charge in [-0.1, -0.05) is 11.6 Å². The molecule has 0 aliphatic carbocycles. The first-order chi connectivity index (χ1) is 14.1. The van der Waals surface area contributed by atoms with Gasteiger partial charge in [0, 0.05) is 42.5 Å². The predicted octanol–water partition coefficient (Wildman–Crippen LogP) is 3.85. The lowest BCUT2D eigenvalue weighted by molar-refractivity contribution is -0.135. The first-order valence-electron chi connectivity index (χ1n) is 10.0. The number of carbonyl (C=O) groups excluding carboxylic acids is 2. The highest BCUT2D eigenvalue weighted by Crippen LogP contribution is 2.24. The quantitative estimate of drug-likeness (QED) is 0.718. The van der Waals surface area contributed by atoms with Crippen LogP contribution in [-0.2, 0) is 11.4 Å². The maximum atomic E-state index is 12.8. The van der Waals surface area contributed by atoms with E-state index in [1.54, 1.807) is 29.6 Å². The Morgan fingerprint density at radius 3 is 2.45 bits per heavy atom. The largest absolute Gasteiger partial charge is 0.486 e. The SMILES string of the molecule is O=C(c1csc(COc2ccc(Cl)cc2)n1)N1CCC(C(=O)N2CCCC2)CC1. The molecule has 2 aliphatic heterocycles. The summed E-state index contributed by atoms with van der Waals surface area (Å²) in [5.74, 6) is 0.967. The highest BCUT2D eigenvalue weighted by Gasteiger charge is 2.32. The lowest BCUT2D eigenvalue weighted by atomic mass is 9.95. The van der Waals surface area contributed by atoms with Gasteiger partial charge in [-0.15, -0.1) is 11.3 Å². The van der Waals surface area contributed by atoms with Crippen molar-refractivity contribution >= 4 is 34.8 Å². The van der Waals surface area contributed by atoms with Crippen molar-refractivity contribution in [3.8, 4) is 5.75 Å². The number of piperidine rings is 1. The van der Waals surface area contributed by atoms with Crippen LogP contribution in [0.5, 0.6) is 5.75 Å². The molecule has 0 bridgehead atoms. The van der Waals surface area contributed by atoms with Gasteiger partial charge in [0.05, 0.1) is 0 Å². The van der Waals surface area contributed by atoms with Crippen molar-refractivity contribution in [2.24, 2.45) is 5.92 Å². The smallest absolute Gasteiger partial charge is 0.273 e. The van der Waals surface area contributed by atoms with Crippen LogP contribution in [0.3, 0.4) is 0 Å². The maximum absolute atomic E-state index is 12.8. The van der Waals surface area contributed by atoms with Crippen LogP contribution in [0.4, 0.5) is 0 Å². The number of likely N-dealkylation sites (tertiary alicyclic amines) is 2. The van der Waals surface area contributed by atoms with Crippen molar-refractivity contribution < 1.29 is 14.3 Å². The summed E-state index contributed by atoms with van der Waals surface area (Å²) in [5, 5.41) is 3.19. The molecule has 0 saturated carbocycles. The Morgan fingerprint density at radius 2 is 1.76 bits per heavy atom. The van der Waals surface area contributed by atoms with Crippen molar-refractivity contribution in [3.63, 3.8) is 0 Å². The molecule has 3 heterocycles. The minimum absolute atomic E-state index is 0.0518. The predicted molar refractivity (Wildman–Crippen MR) is 112 cm³/mol. The molecule has 29 heavy (non-hydrogen) atoms. The number of hydrogen-bond donors (Lipinski definition) is 0. The molecule has 0 N–H and O–H groups in total. The zero-order valence-corrected chi connectivity index (χ0v) is 17.8. The van der Waals surface area contributed by atoms with Gasteiger partial charge in [-0.05, 0) is 49.9 Å². The number of ether oxygens (including phenoxy) is 1.